The van der Waals surface area contributed by atoms with Gasteiger partial charge in [-0.1, -0.05) is 6.07 Å². The van der Waals surface area contributed by atoms with Gasteiger partial charge < -0.3 is 25.1 Å². The summed E-state index contributed by atoms with van der Waals surface area (Å²) in [6.45, 7) is 0.0818. The largest absolute Gasteiger partial charge is 0.496 e. The smallest absolute Gasteiger partial charge is 0.261 e. The number of fused-ring (bicyclic) bond motifs is 1. The van der Waals surface area contributed by atoms with E-state index < -0.39 is 23.3 Å². The summed E-state index contributed by atoms with van der Waals surface area (Å²) in [7, 11) is 1.55. The molecule has 2 aromatic carbocycles. The molecule has 0 aliphatic rings. The lowest BCUT2D eigenvalue weighted by atomic mass is 10.1. The number of hydrogen-bond acceptors (Lipinski definition) is 5. The summed E-state index contributed by atoms with van der Waals surface area (Å²) in [6.07, 6.45) is 0.546. The number of aliphatic hydroxyl groups excluding tert-OH is 1. The first kappa shape index (κ1) is 21.0. The zero-order valence-electron chi connectivity index (χ0n) is 16.2. The van der Waals surface area contributed by atoms with Gasteiger partial charge in [0.2, 0.25) is 0 Å². The van der Waals surface area contributed by atoms with Crippen LogP contribution in [0.2, 0.25) is 0 Å². The van der Waals surface area contributed by atoms with Crippen molar-refractivity contribution in [2.24, 2.45) is 0 Å². The fourth-order valence-corrected chi connectivity index (χ4v) is 3.79. The van der Waals surface area contributed by atoms with Gasteiger partial charge in [0, 0.05) is 18.8 Å². The first-order valence-electron chi connectivity index (χ1n) is 9.19. The summed E-state index contributed by atoms with van der Waals surface area (Å²) in [5.74, 6) is -0.881. The molecule has 0 spiro atoms. The van der Waals surface area contributed by atoms with E-state index in [1.807, 2.05) is 0 Å². The van der Waals surface area contributed by atoms with Crippen molar-refractivity contribution in [1.29, 1.82) is 0 Å². The lowest BCUT2D eigenvalue weighted by molar-refractivity contribution is 0.191. The fraction of sp³-hybridized carbons (Fsp3) is 0.143. The Balaban J connectivity index is 1.64. The number of nitrogens with one attached hydrogen (secondary N) is 3. The second kappa shape index (κ2) is 8.48. The first-order valence-corrected chi connectivity index (χ1v) is 9.99. The number of halogens is 3. The van der Waals surface area contributed by atoms with Crippen LogP contribution in [0.5, 0.6) is 5.75 Å². The van der Waals surface area contributed by atoms with Crippen LogP contribution in [0.3, 0.4) is 0 Å². The Hall–Kier alpha value is -3.24. The maximum Gasteiger partial charge on any atom is 0.261 e. The molecule has 160 valence electrons. The Labute approximate surface area is 183 Å². The standard InChI is InChI=1S/C21H17BrF2N4O3/c1-31-17-3-2-10(6-12(17)22)16(29)9-26-14-4-5-25-21(30)18(14)20-27-15-8-11(23)7-13(24)19(15)28-20/h2-8,16,29H,9H2,1H3,(H,27,28)(H2,25,26,30). The predicted octanol–water partition coefficient (Wildman–Crippen LogP) is 4.11. The second-order valence-electron chi connectivity index (χ2n) is 6.76. The van der Waals surface area contributed by atoms with Gasteiger partial charge in [-0.2, -0.15) is 0 Å². The van der Waals surface area contributed by atoms with Crippen molar-refractivity contribution in [3.05, 3.63) is 74.6 Å². The molecule has 1 atom stereocenters. The third-order valence-electron chi connectivity index (χ3n) is 4.75. The average molecular weight is 491 g/mol. The normalized spacial score (nSPS) is 12.2. The molecule has 2 heterocycles. The number of ether oxygens (including phenoxy) is 1. The summed E-state index contributed by atoms with van der Waals surface area (Å²) in [6, 6.07) is 8.61. The molecule has 1 unspecified atom stereocenters. The highest BCUT2D eigenvalue weighted by Crippen LogP contribution is 2.29. The molecule has 0 fully saturated rings. The van der Waals surface area contributed by atoms with Crippen molar-refractivity contribution in [1.82, 2.24) is 15.0 Å². The van der Waals surface area contributed by atoms with Crippen LogP contribution in [0, 0.1) is 11.6 Å². The highest BCUT2D eigenvalue weighted by Gasteiger charge is 2.18. The molecule has 0 saturated heterocycles. The van der Waals surface area contributed by atoms with E-state index in [0.717, 1.165) is 12.1 Å². The number of imidazole rings is 1. The number of H-pyrrole nitrogens is 2. The summed E-state index contributed by atoms with van der Waals surface area (Å²) in [5.41, 5.74) is 0.690. The molecule has 7 nitrogen and oxygen atoms in total. The van der Waals surface area contributed by atoms with Crippen molar-refractivity contribution in [2.75, 3.05) is 19.0 Å². The number of methoxy groups -OCH3 is 1. The van der Waals surface area contributed by atoms with E-state index in [2.05, 4.69) is 36.2 Å². The van der Waals surface area contributed by atoms with Crippen LogP contribution in [-0.4, -0.2) is 33.7 Å². The molecular formula is C21H17BrF2N4O3. The molecule has 10 heteroatoms. The minimum absolute atomic E-state index is 0.0746. The molecule has 0 radical (unpaired) electrons. The van der Waals surface area contributed by atoms with E-state index in [-0.39, 0.29) is 29.0 Å². The third kappa shape index (κ3) is 4.17. The van der Waals surface area contributed by atoms with Gasteiger partial charge in [-0.3, -0.25) is 4.79 Å². The van der Waals surface area contributed by atoms with Crippen LogP contribution in [0.4, 0.5) is 14.5 Å². The number of nitrogens with zero attached hydrogens (tertiary/aromatic N) is 1. The van der Waals surface area contributed by atoms with Gasteiger partial charge in [0.15, 0.2) is 5.82 Å². The lowest BCUT2D eigenvalue weighted by Crippen LogP contribution is -2.17. The van der Waals surface area contributed by atoms with Gasteiger partial charge >= 0.3 is 0 Å². The first-order chi connectivity index (χ1) is 14.9. The molecule has 4 aromatic rings. The van der Waals surface area contributed by atoms with Gasteiger partial charge in [-0.25, -0.2) is 13.8 Å². The van der Waals surface area contributed by atoms with Gasteiger partial charge in [0.25, 0.3) is 5.56 Å². The minimum Gasteiger partial charge on any atom is -0.496 e. The summed E-state index contributed by atoms with van der Waals surface area (Å²) in [5, 5.41) is 13.6. The van der Waals surface area contributed by atoms with Crippen molar-refractivity contribution in [2.45, 2.75) is 6.10 Å². The van der Waals surface area contributed by atoms with E-state index in [4.69, 9.17) is 4.74 Å². The Morgan fingerprint density at radius 1 is 1.26 bits per heavy atom. The fourth-order valence-electron chi connectivity index (χ4n) is 3.24. The van der Waals surface area contributed by atoms with Crippen LogP contribution in [0.15, 0.2) is 51.9 Å². The van der Waals surface area contributed by atoms with E-state index in [1.54, 1.807) is 31.4 Å². The molecule has 0 amide bonds. The molecule has 4 N–H and O–H groups in total. The maximum absolute atomic E-state index is 14.0. The second-order valence-corrected chi connectivity index (χ2v) is 7.61. The molecule has 4 rings (SSSR count). The molecule has 0 bridgehead atoms. The summed E-state index contributed by atoms with van der Waals surface area (Å²) in [4.78, 5) is 21.9. The maximum atomic E-state index is 14.0. The topological polar surface area (TPSA) is 103 Å². The van der Waals surface area contributed by atoms with Crippen LogP contribution < -0.4 is 15.6 Å². The number of pyridine rings is 1. The van der Waals surface area contributed by atoms with Crippen molar-refractivity contribution < 1.29 is 18.6 Å². The SMILES string of the molecule is COc1ccc(C(O)CNc2cc[nH]c(=O)c2-c2nc3c(F)cc(F)cc3[nH]2)cc1Br. The van der Waals surface area contributed by atoms with Crippen LogP contribution in [0.25, 0.3) is 22.4 Å². The highest BCUT2D eigenvalue weighted by molar-refractivity contribution is 9.10. The quantitative estimate of drug-likeness (QED) is 0.325. The molecule has 0 aliphatic heterocycles. The number of hydrogen-bond donors (Lipinski definition) is 4. The van der Waals surface area contributed by atoms with Crippen LogP contribution >= 0.6 is 15.9 Å². The van der Waals surface area contributed by atoms with Crippen molar-refractivity contribution >= 4 is 32.7 Å². The Kier molecular flexibility index (Phi) is 5.75. The highest BCUT2D eigenvalue weighted by atomic mass is 79.9. The van der Waals surface area contributed by atoms with E-state index in [1.165, 1.54) is 6.20 Å². The number of aliphatic hydroxyl groups is 1. The molecule has 2 aromatic heterocycles. The van der Waals surface area contributed by atoms with Crippen molar-refractivity contribution in [3.8, 4) is 17.1 Å². The number of aromatic nitrogens is 3. The number of rotatable bonds is 6. The zero-order chi connectivity index (χ0) is 22.1. The molecular weight excluding hydrogens is 474 g/mol. The van der Waals surface area contributed by atoms with Gasteiger partial charge in [-0.15, -0.1) is 0 Å². The van der Waals surface area contributed by atoms with Gasteiger partial charge in [0.1, 0.15) is 28.5 Å². The predicted molar refractivity (Wildman–Crippen MR) is 116 cm³/mol. The van der Waals surface area contributed by atoms with E-state index >= 15 is 0 Å². The summed E-state index contributed by atoms with van der Waals surface area (Å²) < 4.78 is 33.4. The lowest BCUT2D eigenvalue weighted by Gasteiger charge is -2.16. The average Bonchev–Trinajstić information content (AvgIpc) is 3.15. The minimum atomic E-state index is -0.892. The third-order valence-corrected chi connectivity index (χ3v) is 5.37. The molecule has 0 aliphatic carbocycles. The van der Waals surface area contributed by atoms with E-state index in [9.17, 15) is 18.7 Å². The van der Waals surface area contributed by atoms with Gasteiger partial charge in [-0.05, 0) is 45.8 Å². The number of anilines is 1. The molecule has 0 saturated carbocycles. The Morgan fingerprint density at radius 3 is 2.81 bits per heavy atom. The Bertz CT molecular complexity index is 1320. The van der Waals surface area contributed by atoms with Crippen molar-refractivity contribution in [3.63, 3.8) is 0 Å². The monoisotopic (exact) mass is 490 g/mol. The van der Waals surface area contributed by atoms with Crippen LogP contribution in [-0.2, 0) is 0 Å². The number of aromatic amines is 2. The zero-order valence-corrected chi connectivity index (χ0v) is 17.8. The van der Waals surface area contributed by atoms with E-state index in [0.29, 0.717) is 21.5 Å². The summed E-state index contributed by atoms with van der Waals surface area (Å²) >= 11 is 3.38. The number of benzene rings is 2. The van der Waals surface area contributed by atoms with Crippen LogP contribution in [0.1, 0.15) is 11.7 Å². The molecule has 31 heavy (non-hydrogen) atoms. The Morgan fingerprint density at radius 2 is 2.06 bits per heavy atom. The van der Waals surface area contributed by atoms with Gasteiger partial charge in [0.05, 0.1) is 28.9 Å².